The van der Waals surface area contributed by atoms with Gasteiger partial charge in [0, 0.05) is 25.7 Å². The van der Waals surface area contributed by atoms with Crippen molar-refractivity contribution in [3.8, 4) is 0 Å². The van der Waals surface area contributed by atoms with Gasteiger partial charge in [0.05, 0.1) is 17.1 Å². The molecule has 1 aliphatic heterocycles. The Morgan fingerprint density at radius 1 is 1.10 bits per heavy atom. The molecular formula is C22H27ClN4O2. The highest BCUT2D eigenvalue weighted by atomic mass is 35.5. The number of carbonyl (C=O) groups is 2. The Hall–Kier alpha value is -2.41. The molecule has 3 N–H and O–H groups in total. The summed E-state index contributed by atoms with van der Waals surface area (Å²) < 4.78 is 0. The van der Waals surface area contributed by atoms with E-state index in [1.807, 2.05) is 6.07 Å². The number of benzene rings is 2. The molecule has 0 aliphatic carbocycles. The van der Waals surface area contributed by atoms with E-state index in [0.717, 1.165) is 19.3 Å². The third-order valence-corrected chi connectivity index (χ3v) is 5.50. The first-order valence-corrected chi connectivity index (χ1v) is 10.2. The summed E-state index contributed by atoms with van der Waals surface area (Å²) in [7, 11) is 1.76. The lowest BCUT2D eigenvalue weighted by atomic mass is 10.00. The molecule has 0 bridgehead atoms. The summed E-state index contributed by atoms with van der Waals surface area (Å²) in [5.74, 6) is -0.462. The van der Waals surface area contributed by atoms with Crippen LogP contribution in [0.2, 0.25) is 5.02 Å². The highest BCUT2D eigenvalue weighted by Gasteiger charge is 2.24. The molecule has 1 saturated heterocycles. The van der Waals surface area contributed by atoms with Crippen molar-refractivity contribution in [2.24, 2.45) is 0 Å². The average Bonchev–Trinajstić information content (AvgIpc) is 3.21. The van der Waals surface area contributed by atoms with Crippen LogP contribution in [0.15, 0.2) is 54.6 Å². The molecule has 154 valence electrons. The van der Waals surface area contributed by atoms with Gasteiger partial charge in [0.25, 0.3) is 5.91 Å². The summed E-state index contributed by atoms with van der Waals surface area (Å²) in [6.45, 7) is 0.606. The molecule has 2 unspecified atom stereocenters. The summed E-state index contributed by atoms with van der Waals surface area (Å²) in [5.41, 5.74) is 8.35. The molecule has 3 rings (SSSR count). The molecule has 2 amide bonds. The van der Waals surface area contributed by atoms with E-state index in [1.165, 1.54) is 5.56 Å². The zero-order valence-electron chi connectivity index (χ0n) is 16.5. The van der Waals surface area contributed by atoms with Gasteiger partial charge in [0.1, 0.15) is 0 Å². The Balaban J connectivity index is 1.35. The molecule has 1 heterocycles. The molecule has 7 heteroatoms. The topological polar surface area (TPSA) is 73.5 Å². The van der Waals surface area contributed by atoms with Crippen molar-refractivity contribution in [1.29, 1.82) is 0 Å². The Morgan fingerprint density at radius 2 is 1.83 bits per heavy atom. The minimum atomic E-state index is -0.342. The fourth-order valence-corrected chi connectivity index (χ4v) is 3.67. The van der Waals surface area contributed by atoms with E-state index < -0.39 is 0 Å². The maximum absolute atomic E-state index is 12.3. The van der Waals surface area contributed by atoms with E-state index in [-0.39, 0.29) is 18.4 Å². The molecule has 1 aliphatic rings. The molecule has 2 aromatic rings. The molecule has 2 aromatic carbocycles. The van der Waals surface area contributed by atoms with E-state index in [2.05, 4.69) is 40.4 Å². The molecule has 1 fully saturated rings. The average molecular weight is 415 g/mol. The van der Waals surface area contributed by atoms with E-state index in [9.17, 15) is 9.59 Å². The number of hydrogen-bond donors (Lipinski definition) is 3. The van der Waals surface area contributed by atoms with Crippen LogP contribution in [0, 0.1) is 0 Å². The molecule has 0 saturated carbocycles. The van der Waals surface area contributed by atoms with Crippen LogP contribution in [0.25, 0.3) is 0 Å². The van der Waals surface area contributed by atoms with Crippen molar-refractivity contribution in [1.82, 2.24) is 21.1 Å². The number of nitrogens with zero attached hydrogens (tertiary/aromatic N) is 1. The van der Waals surface area contributed by atoms with Crippen LogP contribution >= 0.6 is 11.6 Å². The highest BCUT2D eigenvalue weighted by molar-refractivity contribution is 6.33. The number of likely N-dealkylation sites (N-methyl/N-ethyl adjacent to an activating group) is 1. The number of hydrazine groups is 1. The second kappa shape index (κ2) is 10.4. The normalized spacial score (nSPS) is 18.4. The van der Waals surface area contributed by atoms with Crippen molar-refractivity contribution in [2.75, 3.05) is 20.1 Å². The maximum atomic E-state index is 12.3. The van der Waals surface area contributed by atoms with Gasteiger partial charge in [0.15, 0.2) is 0 Å². The molecular weight excluding hydrogens is 388 g/mol. The van der Waals surface area contributed by atoms with Crippen LogP contribution in [0.3, 0.4) is 0 Å². The third-order valence-electron chi connectivity index (χ3n) is 5.17. The van der Waals surface area contributed by atoms with E-state index in [0.29, 0.717) is 29.2 Å². The largest absolute Gasteiger partial charge is 0.344 e. The Labute approximate surface area is 176 Å². The van der Waals surface area contributed by atoms with Gasteiger partial charge in [-0.1, -0.05) is 54.1 Å². The summed E-state index contributed by atoms with van der Waals surface area (Å²) in [6, 6.07) is 17.9. The summed E-state index contributed by atoms with van der Waals surface area (Å²) in [6.07, 6.45) is 2.89. The number of hydrogen-bond acceptors (Lipinski definition) is 4. The lowest BCUT2D eigenvalue weighted by Gasteiger charge is -2.18. The molecule has 2 atom stereocenters. The first-order chi connectivity index (χ1) is 14.0. The van der Waals surface area contributed by atoms with Gasteiger partial charge in [-0.05, 0) is 37.0 Å². The van der Waals surface area contributed by atoms with Crippen molar-refractivity contribution < 1.29 is 9.59 Å². The standard InChI is InChI=1S/C22H27ClN4O2/c1-27(21(28)15-24-22(29)18-11-5-6-12-19(18)23)13-7-10-17-14-20(26-25-17)16-8-3-2-4-9-16/h2-6,8-9,11-12,17,20,25-26H,7,10,13-15H2,1H3,(H,24,29). The van der Waals surface area contributed by atoms with Crippen LogP contribution in [0.4, 0.5) is 0 Å². The third kappa shape index (κ3) is 6.03. The Kier molecular flexibility index (Phi) is 7.63. The summed E-state index contributed by atoms with van der Waals surface area (Å²) in [5, 5.41) is 3.01. The Morgan fingerprint density at radius 3 is 2.59 bits per heavy atom. The first-order valence-electron chi connectivity index (χ1n) is 9.87. The maximum Gasteiger partial charge on any atom is 0.253 e. The predicted octanol–water partition coefficient (Wildman–Crippen LogP) is 2.92. The van der Waals surface area contributed by atoms with Gasteiger partial charge in [-0.3, -0.25) is 20.4 Å². The van der Waals surface area contributed by atoms with Gasteiger partial charge in [-0.2, -0.15) is 0 Å². The summed E-state index contributed by atoms with van der Waals surface area (Å²) in [4.78, 5) is 26.1. The van der Waals surface area contributed by atoms with Crippen molar-refractivity contribution in [3.05, 3.63) is 70.7 Å². The lowest BCUT2D eigenvalue weighted by Crippen LogP contribution is -2.39. The number of halogens is 1. The van der Waals surface area contributed by atoms with Crippen LogP contribution in [0.5, 0.6) is 0 Å². The van der Waals surface area contributed by atoms with Crippen molar-refractivity contribution in [3.63, 3.8) is 0 Å². The number of amides is 2. The minimum Gasteiger partial charge on any atom is -0.344 e. The fraction of sp³-hybridized carbons (Fsp3) is 0.364. The summed E-state index contributed by atoms with van der Waals surface area (Å²) >= 11 is 6.01. The molecule has 0 spiro atoms. The molecule has 6 nitrogen and oxygen atoms in total. The SMILES string of the molecule is CN(CCCC1CC(c2ccccc2)NN1)C(=O)CNC(=O)c1ccccc1Cl. The molecule has 0 radical (unpaired) electrons. The lowest BCUT2D eigenvalue weighted by molar-refractivity contribution is -0.128. The second-order valence-corrected chi connectivity index (χ2v) is 7.71. The van der Waals surface area contributed by atoms with Gasteiger partial charge in [0.2, 0.25) is 5.91 Å². The van der Waals surface area contributed by atoms with Crippen molar-refractivity contribution in [2.45, 2.75) is 31.3 Å². The molecule has 0 aromatic heterocycles. The van der Waals surface area contributed by atoms with E-state index in [1.54, 1.807) is 36.2 Å². The zero-order chi connectivity index (χ0) is 20.6. The highest BCUT2D eigenvalue weighted by Crippen LogP contribution is 2.23. The smallest absolute Gasteiger partial charge is 0.253 e. The van der Waals surface area contributed by atoms with Crippen LogP contribution < -0.4 is 16.2 Å². The quantitative estimate of drug-likeness (QED) is 0.621. The van der Waals surface area contributed by atoms with Gasteiger partial charge in [-0.15, -0.1) is 0 Å². The second-order valence-electron chi connectivity index (χ2n) is 7.30. The minimum absolute atomic E-state index is 0.0418. The molecule has 29 heavy (non-hydrogen) atoms. The first kappa shape index (κ1) is 21.3. The van der Waals surface area contributed by atoms with Gasteiger partial charge >= 0.3 is 0 Å². The van der Waals surface area contributed by atoms with E-state index >= 15 is 0 Å². The van der Waals surface area contributed by atoms with Crippen molar-refractivity contribution >= 4 is 23.4 Å². The van der Waals surface area contributed by atoms with Crippen LogP contribution in [-0.2, 0) is 4.79 Å². The van der Waals surface area contributed by atoms with Crippen LogP contribution in [0.1, 0.15) is 41.2 Å². The predicted molar refractivity (Wildman–Crippen MR) is 115 cm³/mol. The van der Waals surface area contributed by atoms with Gasteiger partial charge < -0.3 is 10.2 Å². The fourth-order valence-electron chi connectivity index (χ4n) is 3.45. The number of nitrogens with one attached hydrogen (secondary N) is 3. The zero-order valence-corrected chi connectivity index (χ0v) is 17.3. The Bertz CT molecular complexity index is 831. The van der Waals surface area contributed by atoms with E-state index in [4.69, 9.17) is 11.6 Å². The van der Waals surface area contributed by atoms with Crippen LogP contribution in [-0.4, -0.2) is 42.9 Å². The van der Waals surface area contributed by atoms with Gasteiger partial charge in [-0.25, -0.2) is 0 Å². The number of rotatable bonds is 8. The monoisotopic (exact) mass is 414 g/mol. The number of carbonyl (C=O) groups excluding carboxylic acids is 2.